The smallest absolute Gasteiger partial charge is 0.328 e. The molecule has 0 saturated carbocycles. The number of ether oxygens (including phenoxy) is 1. The summed E-state index contributed by atoms with van der Waals surface area (Å²) >= 11 is 5.88. The minimum Gasteiger partial charge on any atom is -0.495 e. The van der Waals surface area contributed by atoms with Crippen molar-refractivity contribution in [3.8, 4) is 5.75 Å². The lowest BCUT2D eigenvalue weighted by Gasteiger charge is -2.24. The molecule has 1 unspecified atom stereocenters. The predicted octanol–water partition coefficient (Wildman–Crippen LogP) is 3.02. The number of Topliss-reactive ketones (excluding diaryl/α,β-unsaturated/α-hetero) is 1. The Bertz CT molecular complexity index is 1040. The minimum absolute atomic E-state index is 0.149. The number of nitrogens with zero attached hydrogens (tertiary/aromatic N) is 2. The number of halogens is 1. The van der Waals surface area contributed by atoms with E-state index in [1.165, 1.54) is 18.9 Å². The fourth-order valence-electron chi connectivity index (χ4n) is 3.36. The Kier molecular flexibility index (Phi) is 6.60. The molecule has 0 bridgehead atoms. The van der Waals surface area contributed by atoms with Crippen LogP contribution in [-0.2, 0) is 20.9 Å². The van der Waals surface area contributed by atoms with Crippen LogP contribution < -0.4 is 10.1 Å². The number of imide groups is 1. The lowest BCUT2D eigenvalue weighted by Crippen LogP contribution is -2.51. The third-order valence-corrected chi connectivity index (χ3v) is 5.11. The zero-order chi connectivity index (χ0) is 22.7. The highest BCUT2D eigenvalue weighted by molar-refractivity contribution is 6.30. The van der Waals surface area contributed by atoms with E-state index in [1.807, 2.05) is 6.92 Å². The third-order valence-electron chi connectivity index (χ3n) is 4.86. The first-order valence-electron chi connectivity index (χ1n) is 9.52. The molecule has 1 saturated heterocycles. The minimum atomic E-state index is -1.58. The van der Waals surface area contributed by atoms with Crippen molar-refractivity contribution in [2.75, 3.05) is 19.0 Å². The van der Waals surface area contributed by atoms with Crippen LogP contribution in [0.4, 0.5) is 10.5 Å². The average Bonchev–Trinajstić information content (AvgIpc) is 2.97. The summed E-state index contributed by atoms with van der Waals surface area (Å²) in [7, 11) is 1.45. The van der Waals surface area contributed by atoms with E-state index in [4.69, 9.17) is 16.3 Å². The number of carbonyl (C=O) groups is 4. The Labute approximate surface area is 184 Å². The second-order valence-corrected chi connectivity index (χ2v) is 7.67. The summed E-state index contributed by atoms with van der Waals surface area (Å²) < 4.78 is 5.24. The number of aryl methyl sites for hydroxylation is 1. The molecule has 3 rings (SSSR count). The molecule has 1 fully saturated rings. The molecule has 9 heteroatoms. The lowest BCUT2D eigenvalue weighted by atomic mass is 10.1. The highest BCUT2D eigenvalue weighted by Gasteiger charge is 2.45. The SMILES string of the molecule is COc1ccc(C)cc1NC(=O)C(C(C)=O)N1C(=O)CN(Cc2ccc(Cl)cc2)C1=O. The van der Waals surface area contributed by atoms with Gasteiger partial charge in [0.05, 0.1) is 12.8 Å². The van der Waals surface area contributed by atoms with Gasteiger partial charge in [-0.05, 0) is 49.2 Å². The molecule has 1 aliphatic heterocycles. The van der Waals surface area contributed by atoms with E-state index in [0.717, 1.165) is 16.0 Å². The second-order valence-electron chi connectivity index (χ2n) is 7.24. The third kappa shape index (κ3) is 4.86. The van der Waals surface area contributed by atoms with E-state index in [-0.39, 0.29) is 13.1 Å². The van der Waals surface area contributed by atoms with Gasteiger partial charge in [0.1, 0.15) is 12.3 Å². The van der Waals surface area contributed by atoms with Crippen LogP contribution in [-0.4, -0.2) is 53.1 Å². The van der Waals surface area contributed by atoms with Gasteiger partial charge in [0.25, 0.3) is 11.8 Å². The monoisotopic (exact) mass is 443 g/mol. The number of carbonyl (C=O) groups excluding carboxylic acids is 4. The van der Waals surface area contributed by atoms with Gasteiger partial charge in [-0.3, -0.25) is 14.4 Å². The molecule has 0 aromatic heterocycles. The Balaban J connectivity index is 1.82. The molecule has 0 spiro atoms. The van der Waals surface area contributed by atoms with Gasteiger partial charge in [-0.2, -0.15) is 0 Å². The Morgan fingerprint density at radius 3 is 2.45 bits per heavy atom. The Morgan fingerprint density at radius 1 is 1.16 bits per heavy atom. The first-order chi connectivity index (χ1) is 14.7. The van der Waals surface area contributed by atoms with Crippen LogP contribution in [0.15, 0.2) is 42.5 Å². The number of urea groups is 1. The summed E-state index contributed by atoms with van der Waals surface area (Å²) in [5.74, 6) is -1.64. The van der Waals surface area contributed by atoms with Gasteiger partial charge >= 0.3 is 6.03 Å². The fraction of sp³-hybridized carbons (Fsp3) is 0.273. The standard InChI is InChI=1S/C22H22ClN3O5/c1-13-4-9-18(31-3)17(10-13)24-21(29)20(14(2)27)26-19(28)12-25(22(26)30)11-15-5-7-16(23)8-6-15/h4-10,20H,11-12H2,1-3H3,(H,24,29). The van der Waals surface area contributed by atoms with Gasteiger partial charge < -0.3 is 15.0 Å². The van der Waals surface area contributed by atoms with Crippen LogP contribution in [0.3, 0.4) is 0 Å². The van der Waals surface area contributed by atoms with E-state index < -0.39 is 29.7 Å². The van der Waals surface area contributed by atoms with Crippen molar-refractivity contribution in [1.82, 2.24) is 9.80 Å². The first kappa shape index (κ1) is 22.3. The highest BCUT2D eigenvalue weighted by Crippen LogP contribution is 2.26. The van der Waals surface area contributed by atoms with Gasteiger partial charge in [0.2, 0.25) is 0 Å². The average molecular weight is 444 g/mol. The molecule has 2 aromatic rings. The van der Waals surface area contributed by atoms with E-state index in [2.05, 4.69) is 5.32 Å². The van der Waals surface area contributed by atoms with Crippen molar-refractivity contribution in [2.45, 2.75) is 26.4 Å². The van der Waals surface area contributed by atoms with Crippen molar-refractivity contribution < 1.29 is 23.9 Å². The van der Waals surface area contributed by atoms with E-state index in [1.54, 1.807) is 42.5 Å². The molecular weight excluding hydrogens is 422 g/mol. The number of ketones is 1. The number of nitrogens with one attached hydrogen (secondary N) is 1. The number of hydrogen-bond acceptors (Lipinski definition) is 5. The number of rotatable bonds is 7. The number of amides is 4. The second kappa shape index (κ2) is 9.18. The fourth-order valence-corrected chi connectivity index (χ4v) is 3.48. The van der Waals surface area contributed by atoms with E-state index in [0.29, 0.717) is 16.5 Å². The zero-order valence-corrected chi connectivity index (χ0v) is 18.1. The zero-order valence-electron chi connectivity index (χ0n) is 17.3. The summed E-state index contributed by atoms with van der Waals surface area (Å²) in [6, 6.07) is 9.70. The van der Waals surface area contributed by atoms with Crippen molar-refractivity contribution in [3.05, 3.63) is 58.6 Å². The maximum atomic E-state index is 12.9. The van der Waals surface area contributed by atoms with Gasteiger partial charge in [0, 0.05) is 11.6 Å². The van der Waals surface area contributed by atoms with Crippen LogP contribution in [0.5, 0.6) is 5.75 Å². The number of benzene rings is 2. The molecule has 4 amide bonds. The summed E-state index contributed by atoms with van der Waals surface area (Å²) in [5, 5.41) is 3.16. The maximum absolute atomic E-state index is 12.9. The molecule has 1 atom stereocenters. The van der Waals surface area contributed by atoms with Gasteiger partial charge in [-0.25, -0.2) is 9.69 Å². The number of methoxy groups -OCH3 is 1. The lowest BCUT2D eigenvalue weighted by molar-refractivity contribution is -0.138. The molecule has 1 aliphatic rings. The molecular formula is C22H22ClN3O5. The van der Waals surface area contributed by atoms with Crippen LogP contribution in [0.25, 0.3) is 0 Å². The Hall–Kier alpha value is -3.39. The topological polar surface area (TPSA) is 96.0 Å². The van der Waals surface area contributed by atoms with E-state index >= 15 is 0 Å². The highest BCUT2D eigenvalue weighted by atomic mass is 35.5. The molecule has 0 radical (unpaired) electrons. The van der Waals surface area contributed by atoms with Gasteiger partial charge in [-0.15, -0.1) is 0 Å². The number of hydrogen-bond donors (Lipinski definition) is 1. The van der Waals surface area contributed by atoms with Crippen LogP contribution >= 0.6 is 11.6 Å². The van der Waals surface area contributed by atoms with E-state index in [9.17, 15) is 19.2 Å². The molecule has 1 N–H and O–H groups in total. The van der Waals surface area contributed by atoms with Crippen LogP contribution in [0, 0.1) is 6.92 Å². The molecule has 0 aliphatic carbocycles. The molecule has 162 valence electrons. The quantitative estimate of drug-likeness (QED) is 0.524. The summed E-state index contributed by atoms with van der Waals surface area (Å²) in [6.07, 6.45) is 0. The summed E-state index contributed by atoms with van der Waals surface area (Å²) in [5.41, 5.74) is 1.97. The van der Waals surface area contributed by atoms with Gasteiger partial charge in [-0.1, -0.05) is 29.8 Å². The normalized spacial score (nSPS) is 14.6. The van der Waals surface area contributed by atoms with Crippen LogP contribution in [0.2, 0.25) is 5.02 Å². The molecule has 1 heterocycles. The number of anilines is 1. The van der Waals surface area contributed by atoms with Crippen LogP contribution in [0.1, 0.15) is 18.1 Å². The Morgan fingerprint density at radius 2 is 1.84 bits per heavy atom. The van der Waals surface area contributed by atoms with Gasteiger partial charge in [0.15, 0.2) is 11.8 Å². The van der Waals surface area contributed by atoms with Crippen molar-refractivity contribution in [2.24, 2.45) is 0 Å². The summed E-state index contributed by atoms with van der Waals surface area (Å²) in [4.78, 5) is 52.8. The maximum Gasteiger partial charge on any atom is 0.328 e. The molecule has 8 nitrogen and oxygen atoms in total. The van der Waals surface area contributed by atoms with Crippen molar-refractivity contribution >= 4 is 40.9 Å². The molecule has 31 heavy (non-hydrogen) atoms. The van der Waals surface area contributed by atoms with Crippen molar-refractivity contribution in [1.29, 1.82) is 0 Å². The largest absolute Gasteiger partial charge is 0.495 e. The predicted molar refractivity (Wildman–Crippen MR) is 115 cm³/mol. The summed E-state index contributed by atoms with van der Waals surface area (Å²) in [6.45, 7) is 2.92. The first-order valence-corrected chi connectivity index (χ1v) is 9.90. The molecule has 2 aromatic carbocycles. The van der Waals surface area contributed by atoms with Crippen molar-refractivity contribution in [3.63, 3.8) is 0 Å².